The first-order valence-electron chi connectivity index (χ1n) is 6.88. The first-order valence-corrected chi connectivity index (χ1v) is 7.67. The van der Waals surface area contributed by atoms with Crippen LogP contribution >= 0.6 is 23.8 Å². The highest BCUT2D eigenvalue weighted by atomic mass is 35.5. The first-order chi connectivity index (χ1) is 10.0. The van der Waals surface area contributed by atoms with Gasteiger partial charge in [0.1, 0.15) is 16.5 Å². The smallest absolute Gasteiger partial charge is 0.146 e. The monoisotopic (exact) mass is 319 g/mol. The molecule has 0 amide bonds. The SMILES string of the molecule is CCC(C)c1ccc(Oc2ccc(C(N)=S)cc2Cl)cc1. The van der Waals surface area contributed by atoms with Crippen molar-refractivity contribution in [2.24, 2.45) is 5.73 Å². The van der Waals surface area contributed by atoms with Gasteiger partial charge in [-0.25, -0.2) is 0 Å². The van der Waals surface area contributed by atoms with Crippen molar-refractivity contribution in [2.75, 3.05) is 0 Å². The van der Waals surface area contributed by atoms with Gasteiger partial charge in [-0.2, -0.15) is 0 Å². The topological polar surface area (TPSA) is 35.2 Å². The summed E-state index contributed by atoms with van der Waals surface area (Å²) in [6, 6.07) is 13.4. The van der Waals surface area contributed by atoms with Crippen LogP contribution in [0.1, 0.15) is 37.3 Å². The molecule has 0 heterocycles. The van der Waals surface area contributed by atoms with Gasteiger partial charge in [-0.15, -0.1) is 0 Å². The fourth-order valence-corrected chi connectivity index (χ4v) is 2.31. The van der Waals surface area contributed by atoms with E-state index in [2.05, 4.69) is 26.0 Å². The number of ether oxygens (including phenoxy) is 1. The van der Waals surface area contributed by atoms with Crippen LogP contribution in [0, 0.1) is 0 Å². The zero-order valence-electron chi connectivity index (χ0n) is 12.1. The summed E-state index contributed by atoms with van der Waals surface area (Å²) in [5, 5.41) is 0.492. The fraction of sp³-hybridized carbons (Fsp3) is 0.235. The lowest BCUT2D eigenvalue weighted by atomic mass is 9.99. The van der Waals surface area contributed by atoms with Crippen LogP contribution in [0.5, 0.6) is 11.5 Å². The number of rotatable bonds is 5. The van der Waals surface area contributed by atoms with Gasteiger partial charge in [0.25, 0.3) is 0 Å². The molecule has 110 valence electrons. The van der Waals surface area contributed by atoms with Crippen LogP contribution in [0.4, 0.5) is 0 Å². The molecule has 0 saturated carbocycles. The molecule has 0 aliphatic rings. The number of hydrogen-bond acceptors (Lipinski definition) is 2. The van der Waals surface area contributed by atoms with Crippen molar-refractivity contribution in [1.29, 1.82) is 0 Å². The molecule has 0 radical (unpaired) electrons. The Hall–Kier alpha value is -1.58. The van der Waals surface area contributed by atoms with E-state index in [1.165, 1.54) is 5.56 Å². The third-order valence-corrected chi connectivity index (χ3v) is 4.04. The molecule has 2 rings (SSSR count). The van der Waals surface area contributed by atoms with Crippen molar-refractivity contribution in [3.8, 4) is 11.5 Å². The Labute approximate surface area is 135 Å². The highest BCUT2D eigenvalue weighted by molar-refractivity contribution is 7.80. The average molecular weight is 320 g/mol. The van der Waals surface area contributed by atoms with Crippen LogP contribution in [0.25, 0.3) is 0 Å². The minimum atomic E-state index is 0.321. The molecule has 2 nitrogen and oxygen atoms in total. The highest BCUT2D eigenvalue weighted by Crippen LogP contribution is 2.31. The van der Waals surface area contributed by atoms with Crippen LogP contribution in [0.15, 0.2) is 42.5 Å². The number of benzene rings is 2. The van der Waals surface area contributed by atoms with E-state index < -0.39 is 0 Å². The quantitative estimate of drug-likeness (QED) is 0.761. The Morgan fingerprint density at radius 3 is 2.43 bits per heavy atom. The molecule has 21 heavy (non-hydrogen) atoms. The van der Waals surface area contributed by atoms with E-state index in [9.17, 15) is 0 Å². The highest BCUT2D eigenvalue weighted by Gasteiger charge is 2.07. The third-order valence-electron chi connectivity index (χ3n) is 3.51. The Morgan fingerprint density at radius 1 is 1.24 bits per heavy atom. The summed E-state index contributed by atoms with van der Waals surface area (Å²) < 4.78 is 5.80. The summed E-state index contributed by atoms with van der Waals surface area (Å²) in [5.74, 6) is 1.90. The summed E-state index contributed by atoms with van der Waals surface area (Å²) in [7, 11) is 0. The minimum Gasteiger partial charge on any atom is -0.456 e. The summed E-state index contributed by atoms with van der Waals surface area (Å²) in [5.41, 5.74) is 7.61. The van der Waals surface area contributed by atoms with Crippen molar-refractivity contribution < 1.29 is 4.74 Å². The van der Waals surface area contributed by atoms with Crippen molar-refractivity contribution in [1.82, 2.24) is 0 Å². The van der Waals surface area contributed by atoms with Crippen molar-refractivity contribution in [2.45, 2.75) is 26.2 Å². The molecular weight excluding hydrogens is 302 g/mol. The molecule has 2 N–H and O–H groups in total. The predicted octanol–water partition coefficient (Wildman–Crippen LogP) is 5.28. The van der Waals surface area contributed by atoms with E-state index in [-0.39, 0.29) is 0 Å². The normalized spacial score (nSPS) is 12.0. The molecule has 0 aromatic heterocycles. The average Bonchev–Trinajstić information content (AvgIpc) is 2.49. The minimum absolute atomic E-state index is 0.321. The second kappa shape index (κ2) is 6.92. The van der Waals surface area contributed by atoms with Gasteiger partial charge in [0.2, 0.25) is 0 Å². The largest absolute Gasteiger partial charge is 0.456 e. The van der Waals surface area contributed by atoms with E-state index in [0.717, 1.165) is 17.7 Å². The van der Waals surface area contributed by atoms with Gasteiger partial charge >= 0.3 is 0 Å². The maximum absolute atomic E-state index is 6.19. The van der Waals surface area contributed by atoms with E-state index in [1.54, 1.807) is 18.2 Å². The van der Waals surface area contributed by atoms with Crippen molar-refractivity contribution in [3.05, 3.63) is 58.6 Å². The molecule has 0 bridgehead atoms. The van der Waals surface area contributed by atoms with Gasteiger partial charge in [0.05, 0.1) is 5.02 Å². The summed E-state index contributed by atoms with van der Waals surface area (Å²) >= 11 is 11.1. The van der Waals surface area contributed by atoms with Crippen molar-refractivity contribution >= 4 is 28.8 Å². The molecular formula is C17H18ClNOS. The predicted molar refractivity (Wildman–Crippen MR) is 92.6 cm³/mol. The molecule has 4 heteroatoms. The van der Waals surface area contributed by atoms with Crippen LogP contribution in [0.2, 0.25) is 5.02 Å². The maximum Gasteiger partial charge on any atom is 0.146 e. The van der Waals surface area contributed by atoms with E-state index in [0.29, 0.717) is 21.7 Å². The van der Waals surface area contributed by atoms with Crippen LogP contribution in [-0.4, -0.2) is 4.99 Å². The molecule has 0 fully saturated rings. The van der Waals surface area contributed by atoms with Crippen LogP contribution in [0.3, 0.4) is 0 Å². The molecule has 2 aromatic carbocycles. The van der Waals surface area contributed by atoms with Gasteiger partial charge in [0, 0.05) is 5.56 Å². The number of thiocarbonyl (C=S) groups is 1. The molecule has 0 aliphatic heterocycles. The number of halogens is 1. The number of nitrogens with two attached hydrogens (primary N) is 1. The lowest BCUT2D eigenvalue weighted by molar-refractivity contribution is 0.482. The first kappa shape index (κ1) is 15.8. The number of hydrogen-bond donors (Lipinski definition) is 1. The Kier molecular flexibility index (Phi) is 5.21. The molecule has 0 aliphatic carbocycles. The molecule has 0 saturated heterocycles. The van der Waals surface area contributed by atoms with Gasteiger partial charge in [-0.05, 0) is 48.2 Å². The molecule has 2 aromatic rings. The summed E-state index contributed by atoms with van der Waals surface area (Å²) in [6.45, 7) is 4.39. The summed E-state index contributed by atoms with van der Waals surface area (Å²) in [4.78, 5) is 0.321. The molecule has 1 unspecified atom stereocenters. The second-order valence-corrected chi connectivity index (χ2v) is 5.84. The van der Waals surface area contributed by atoms with Gasteiger partial charge in [-0.1, -0.05) is 49.8 Å². The zero-order valence-corrected chi connectivity index (χ0v) is 13.7. The Bertz CT molecular complexity index is 640. The molecule has 1 atom stereocenters. The van der Waals surface area contributed by atoms with Crippen molar-refractivity contribution in [3.63, 3.8) is 0 Å². The van der Waals surface area contributed by atoms with E-state index >= 15 is 0 Å². The van der Waals surface area contributed by atoms with E-state index in [1.807, 2.05) is 12.1 Å². The van der Waals surface area contributed by atoms with E-state index in [4.69, 9.17) is 34.3 Å². The lowest BCUT2D eigenvalue weighted by Gasteiger charge is -2.12. The Balaban J connectivity index is 2.16. The fourth-order valence-electron chi connectivity index (χ4n) is 1.96. The lowest BCUT2D eigenvalue weighted by Crippen LogP contribution is -2.08. The molecule has 0 spiro atoms. The summed E-state index contributed by atoms with van der Waals surface area (Å²) in [6.07, 6.45) is 1.12. The maximum atomic E-state index is 6.19. The van der Waals surface area contributed by atoms with Gasteiger partial charge in [-0.3, -0.25) is 0 Å². The van der Waals surface area contributed by atoms with Gasteiger partial charge < -0.3 is 10.5 Å². The van der Waals surface area contributed by atoms with Gasteiger partial charge in [0.15, 0.2) is 0 Å². The van der Waals surface area contributed by atoms with Crippen LogP contribution < -0.4 is 10.5 Å². The Morgan fingerprint density at radius 2 is 1.90 bits per heavy atom. The third kappa shape index (κ3) is 3.96. The van der Waals surface area contributed by atoms with Crippen LogP contribution in [-0.2, 0) is 0 Å². The zero-order chi connectivity index (χ0) is 15.4. The second-order valence-electron chi connectivity index (χ2n) is 4.99. The standard InChI is InChI=1S/C17H18ClNOS/c1-3-11(2)12-4-7-14(8-5-12)20-16-9-6-13(17(19)21)10-15(16)18/h4-11H,3H2,1-2H3,(H2,19,21).